The van der Waals surface area contributed by atoms with Gasteiger partial charge in [0.05, 0.1) is 17.5 Å². The van der Waals surface area contributed by atoms with Crippen LogP contribution in [-0.2, 0) is 11.2 Å². The summed E-state index contributed by atoms with van der Waals surface area (Å²) in [6.07, 6.45) is -4.07. The van der Waals surface area contributed by atoms with E-state index in [-0.39, 0.29) is 30.4 Å². The number of halogens is 4. The average molecular weight is 288 g/mol. The maximum Gasteiger partial charge on any atom is 0.411 e. The summed E-state index contributed by atoms with van der Waals surface area (Å²) in [5.74, 6) is -0.460. The molecule has 96 valence electrons. The van der Waals surface area contributed by atoms with Gasteiger partial charge in [0, 0.05) is 11.8 Å². The number of ketones is 1. The number of hydrogen-bond donors (Lipinski definition) is 0. The zero-order chi connectivity index (χ0) is 12.9. The maximum absolute atomic E-state index is 11.7. The van der Waals surface area contributed by atoms with Crippen molar-refractivity contribution in [3.63, 3.8) is 0 Å². The first-order valence-electron chi connectivity index (χ1n) is 4.60. The first kappa shape index (κ1) is 14.4. The number of aromatic nitrogens is 1. The van der Waals surface area contributed by atoms with Gasteiger partial charge in [-0.3, -0.25) is 4.79 Å². The van der Waals surface area contributed by atoms with Crippen molar-refractivity contribution in [3.05, 3.63) is 16.1 Å². The van der Waals surface area contributed by atoms with Crippen molar-refractivity contribution in [2.24, 2.45) is 0 Å². The summed E-state index contributed by atoms with van der Waals surface area (Å²) in [6.45, 7) is -1.35. The molecule has 0 aliphatic heterocycles. The molecule has 0 fully saturated rings. The summed E-state index contributed by atoms with van der Waals surface area (Å²) in [7, 11) is 0. The SMILES string of the molecule is O=C(CCl)c1csc(CCOCC(F)(F)F)n1. The number of thiazole rings is 1. The number of nitrogens with zero attached hydrogens (tertiary/aromatic N) is 1. The third kappa shape index (κ3) is 5.47. The Labute approximate surface area is 105 Å². The van der Waals surface area contributed by atoms with Gasteiger partial charge in [-0.05, 0) is 0 Å². The second kappa shape index (κ2) is 6.32. The van der Waals surface area contributed by atoms with Crippen molar-refractivity contribution in [1.82, 2.24) is 4.98 Å². The minimum Gasteiger partial charge on any atom is -0.372 e. The Balaban J connectivity index is 2.33. The second-order valence-electron chi connectivity index (χ2n) is 3.10. The van der Waals surface area contributed by atoms with Crippen LogP contribution in [0.3, 0.4) is 0 Å². The Morgan fingerprint density at radius 1 is 1.53 bits per heavy atom. The van der Waals surface area contributed by atoms with Crippen LogP contribution < -0.4 is 0 Å². The summed E-state index contributed by atoms with van der Waals surface area (Å²) in [4.78, 5) is 15.1. The van der Waals surface area contributed by atoms with Crippen molar-refractivity contribution in [2.75, 3.05) is 19.1 Å². The van der Waals surface area contributed by atoms with Crippen molar-refractivity contribution in [1.29, 1.82) is 0 Å². The molecule has 0 unspecified atom stereocenters. The van der Waals surface area contributed by atoms with E-state index in [1.165, 1.54) is 16.7 Å². The third-order valence-corrected chi connectivity index (χ3v) is 2.84. The highest BCUT2D eigenvalue weighted by Crippen LogP contribution is 2.15. The van der Waals surface area contributed by atoms with Gasteiger partial charge in [0.25, 0.3) is 0 Å². The van der Waals surface area contributed by atoms with Crippen LogP contribution in [0, 0.1) is 0 Å². The van der Waals surface area contributed by atoms with Crippen LogP contribution in [0.15, 0.2) is 5.38 Å². The molecule has 1 aromatic heterocycles. The number of carbonyl (C=O) groups excluding carboxylic acids is 1. The van der Waals surface area contributed by atoms with Gasteiger partial charge in [0.15, 0.2) is 5.78 Å². The molecule has 0 amide bonds. The van der Waals surface area contributed by atoms with Crippen LogP contribution in [0.1, 0.15) is 15.5 Å². The summed E-state index contributed by atoms with van der Waals surface area (Å²) in [5, 5.41) is 2.09. The lowest BCUT2D eigenvalue weighted by molar-refractivity contribution is -0.173. The van der Waals surface area contributed by atoms with E-state index in [0.29, 0.717) is 5.01 Å². The fraction of sp³-hybridized carbons (Fsp3) is 0.556. The van der Waals surface area contributed by atoms with Crippen LogP contribution in [0.5, 0.6) is 0 Å². The molecule has 8 heteroatoms. The van der Waals surface area contributed by atoms with Crippen molar-refractivity contribution in [2.45, 2.75) is 12.6 Å². The largest absolute Gasteiger partial charge is 0.411 e. The van der Waals surface area contributed by atoms with Crippen LogP contribution >= 0.6 is 22.9 Å². The fourth-order valence-electron chi connectivity index (χ4n) is 0.970. The van der Waals surface area contributed by atoms with E-state index in [1.54, 1.807) is 0 Å². The molecule has 0 aromatic carbocycles. The van der Waals surface area contributed by atoms with Crippen molar-refractivity contribution < 1.29 is 22.7 Å². The third-order valence-electron chi connectivity index (χ3n) is 1.68. The van der Waals surface area contributed by atoms with E-state index in [2.05, 4.69) is 9.72 Å². The molecule has 0 aliphatic carbocycles. The summed E-state index contributed by atoms with van der Waals surface area (Å²) >= 11 is 6.54. The van der Waals surface area contributed by atoms with Crippen molar-refractivity contribution >= 4 is 28.7 Å². The molecule has 17 heavy (non-hydrogen) atoms. The van der Waals surface area contributed by atoms with E-state index in [0.717, 1.165) is 0 Å². The highest BCUT2D eigenvalue weighted by molar-refractivity contribution is 7.09. The molecule has 1 heterocycles. The van der Waals surface area contributed by atoms with Gasteiger partial charge in [0.2, 0.25) is 0 Å². The highest BCUT2D eigenvalue weighted by Gasteiger charge is 2.27. The van der Waals surface area contributed by atoms with Crippen LogP contribution in [0.25, 0.3) is 0 Å². The topological polar surface area (TPSA) is 39.2 Å². The number of ether oxygens (including phenoxy) is 1. The molecule has 1 rings (SSSR count). The number of alkyl halides is 4. The minimum atomic E-state index is -4.32. The molecular weight excluding hydrogens is 279 g/mol. The molecule has 0 radical (unpaired) electrons. The van der Waals surface area contributed by atoms with E-state index >= 15 is 0 Å². The van der Waals surface area contributed by atoms with Gasteiger partial charge in [-0.15, -0.1) is 22.9 Å². The van der Waals surface area contributed by atoms with Crippen LogP contribution in [0.2, 0.25) is 0 Å². The summed E-state index contributed by atoms with van der Waals surface area (Å²) in [5.41, 5.74) is 0.246. The highest BCUT2D eigenvalue weighted by atomic mass is 35.5. The number of rotatable bonds is 6. The van der Waals surface area contributed by atoms with E-state index in [4.69, 9.17) is 11.6 Å². The lowest BCUT2D eigenvalue weighted by Gasteiger charge is -2.05. The second-order valence-corrected chi connectivity index (χ2v) is 4.31. The van der Waals surface area contributed by atoms with E-state index in [1.807, 2.05) is 0 Å². The Hall–Kier alpha value is -0.660. The average Bonchev–Trinajstić information content (AvgIpc) is 2.70. The van der Waals surface area contributed by atoms with Gasteiger partial charge in [-0.2, -0.15) is 13.2 Å². The summed E-state index contributed by atoms with van der Waals surface area (Å²) < 4.78 is 39.6. The van der Waals surface area contributed by atoms with Crippen molar-refractivity contribution in [3.8, 4) is 0 Å². The molecule has 0 N–H and O–H groups in total. The fourth-order valence-corrected chi connectivity index (χ4v) is 1.89. The molecule has 0 bridgehead atoms. The molecule has 0 saturated carbocycles. The lowest BCUT2D eigenvalue weighted by Crippen LogP contribution is -2.17. The van der Waals surface area contributed by atoms with E-state index < -0.39 is 12.8 Å². The van der Waals surface area contributed by atoms with Crippen LogP contribution in [-0.4, -0.2) is 36.0 Å². The summed E-state index contributed by atoms with van der Waals surface area (Å²) in [6, 6.07) is 0. The molecular formula is C9H9ClF3NO2S. The Kier molecular flexibility index (Phi) is 5.35. The minimum absolute atomic E-state index is 0.0818. The molecule has 1 aromatic rings. The smallest absolute Gasteiger partial charge is 0.372 e. The number of hydrogen-bond acceptors (Lipinski definition) is 4. The molecule has 0 atom stereocenters. The molecule has 0 aliphatic rings. The predicted molar refractivity (Wildman–Crippen MR) is 57.7 cm³/mol. The Morgan fingerprint density at radius 3 is 2.82 bits per heavy atom. The number of Topliss-reactive ketones (excluding diaryl/α,β-unsaturated/α-hetero) is 1. The van der Waals surface area contributed by atoms with Gasteiger partial charge < -0.3 is 4.74 Å². The zero-order valence-corrected chi connectivity index (χ0v) is 10.2. The molecule has 0 spiro atoms. The monoisotopic (exact) mass is 287 g/mol. The van der Waals surface area contributed by atoms with E-state index in [9.17, 15) is 18.0 Å². The van der Waals surface area contributed by atoms with Gasteiger partial charge in [0.1, 0.15) is 12.3 Å². The standard InChI is InChI=1S/C9H9ClF3NO2S/c10-3-7(15)6-4-17-8(14-6)1-2-16-5-9(11,12)13/h4H,1-3,5H2. The first-order valence-corrected chi connectivity index (χ1v) is 6.02. The van der Waals surface area contributed by atoms with Gasteiger partial charge >= 0.3 is 6.18 Å². The Bertz CT molecular complexity index is 381. The van der Waals surface area contributed by atoms with Gasteiger partial charge in [-0.1, -0.05) is 0 Å². The van der Waals surface area contributed by atoms with Gasteiger partial charge in [-0.25, -0.2) is 4.98 Å². The maximum atomic E-state index is 11.7. The quantitative estimate of drug-likeness (QED) is 0.459. The lowest BCUT2D eigenvalue weighted by atomic mass is 10.3. The predicted octanol–water partition coefficient (Wildman–Crippen LogP) is 2.69. The number of carbonyl (C=O) groups is 1. The molecule has 0 saturated heterocycles. The normalized spacial score (nSPS) is 11.8. The van der Waals surface area contributed by atoms with Crippen LogP contribution in [0.4, 0.5) is 13.2 Å². The first-order chi connectivity index (χ1) is 7.92. The Morgan fingerprint density at radius 2 is 2.24 bits per heavy atom. The molecule has 3 nitrogen and oxygen atoms in total. The zero-order valence-electron chi connectivity index (χ0n) is 8.59.